The van der Waals surface area contributed by atoms with Crippen molar-refractivity contribution < 1.29 is 14.0 Å². The quantitative estimate of drug-likeness (QED) is 0.890. The Morgan fingerprint density at radius 3 is 2.71 bits per heavy atom. The van der Waals surface area contributed by atoms with Gasteiger partial charge in [-0.2, -0.15) is 0 Å². The summed E-state index contributed by atoms with van der Waals surface area (Å²) < 4.78 is 13.0. The second-order valence-corrected chi connectivity index (χ2v) is 5.52. The third-order valence-electron chi connectivity index (χ3n) is 3.32. The van der Waals surface area contributed by atoms with Crippen LogP contribution in [0.5, 0.6) is 0 Å². The molecule has 1 heterocycles. The van der Waals surface area contributed by atoms with E-state index in [9.17, 15) is 14.0 Å². The Morgan fingerprint density at radius 2 is 2.10 bits per heavy atom. The zero-order valence-corrected chi connectivity index (χ0v) is 12.2. The van der Waals surface area contributed by atoms with E-state index in [4.69, 9.17) is 0 Å². The maximum Gasteiger partial charge on any atom is 0.318 e. The summed E-state index contributed by atoms with van der Waals surface area (Å²) in [5.74, 6) is -0.282. The van der Waals surface area contributed by atoms with Gasteiger partial charge in [0.05, 0.1) is 0 Å². The highest BCUT2D eigenvalue weighted by Gasteiger charge is 2.34. The van der Waals surface area contributed by atoms with Crippen molar-refractivity contribution in [1.29, 1.82) is 0 Å². The first-order valence-electron chi connectivity index (χ1n) is 7.06. The molecule has 1 aliphatic rings. The van der Waals surface area contributed by atoms with E-state index in [-0.39, 0.29) is 17.8 Å². The second kappa shape index (κ2) is 6.56. The Labute approximate surface area is 123 Å². The predicted octanol–water partition coefficient (Wildman–Crippen LogP) is 1.66. The van der Waals surface area contributed by atoms with Gasteiger partial charge in [0, 0.05) is 19.6 Å². The van der Waals surface area contributed by atoms with Crippen molar-refractivity contribution in [3.63, 3.8) is 0 Å². The van der Waals surface area contributed by atoms with Crippen LogP contribution in [0.15, 0.2) is 24.3 Å². The summed E-state index contributed by atoms with van der Waals surface area (Å²) in [5.41, 5.74) is 0.605. The minimum Gasteiger partial charge on any atom is -0.352 e. The fraction of sp³-hybridized carbons (Fsp3) is 0.467. The first kappa shape index (κ1) is 15.3. The fourth-order valence-corrected chi connectivity index (χ4v) is 2.26. The molecule has 1 atom stereocenters. The number of hydrogen-bond donors (Lipinski definition) is 2. The van der Waals surface area contributed by atoms with Gasteiger partial charge in [-0.1, -0.05) is 26.0 Å². The van der Waals surface area contributed by atoms with Gasteiger partial charge in [0.15, 0.2) is 0 Å². The summed E-state index contributed by atoms with van der Waals surface area (Å²) in [6.45, 7) is 5.40. The molecule has 5 nitrogen and oxygen atoms in total. The average molecular weight is 293 g/mol. The Kier molecular flexibility index (Phi) is 4.77. The highest BCUT2D eigenvalue weighted by molar-refractivity contribution is 5.89. The van der Waals surface area contributed by atoms with Gasteiger partial charge in [0.2, 0.25) is 5.91 Å². The van der Waals surface area contributed by atoms with Crippen LogP contribution in [-0.4, -0.2) is 36.5 Å². The third-order valence-corrected chi connectivity index (χ3v) is 3.32. The lowest BCUT2D eigenvalue weighted by Crippen LogP contribution is -2.55. The molecule has 0 saturated carbocycles. The maximum absolute atomic E-state index is 13.0. The Bertz CT molecular complexity index is 516. The number of halogens is 1. The van der Waals surface area contributed by atoms with E-state index < -0.39 is 6.04 Å². The second-order valence-electron chi connectivity index (χ2n) is 5.52. The number of carbonyl (C=O) groups excluding carboxylic acids is 2. The van der Waals surface area contributed by atoms with Crippen molar-refractivity contribution in [1.82, 2.24) is 15.5 Å². The molecule has 1 unspecified atom stereocenters. The van der Waals surface area contributed by atoms with E-state index >= 15 is 0 Å². The predicted molar refractivity (Wildman–Crippen MR) is 77.1 cm³/mol. The molecule has 0 aromatic heterocycles. The van der Waals surface area contributed by atoms with Crippen molar-refractivity contribution in [3.05, 3.63) is 35.6 Å². The van der Waals surface area contributed by atoms with E-state index in [0.29, 0.717) is 31.1 Å². The molecular formula is C15H20FN3O2. The van der Waals surface area contributed by atoms with Crippen molar-refractivity contribution >= 4 is 11.9 Å². The van der Waals surface area contributed by atoms with Crippen molar-refractivity contribution in [2.75, 3.05) is 19.6 Å². The topological polar surface area (TPSA) is 61.4 Å². The monoisotopic (exact) mass is 293 g/mol. The van der Waals surface area contributed by atoms with Gasteiger partial charge in [-0.15, -0.1) is 0 Å². The van der Waals surface area contributed by atoms with Crippen LogP contribution in [0.4, 0.5) is 9.18 Å². The number of nitrogens with one attached hydrogen (secondary N) is 2. The minimum atomic E-state index is -0.716. The van der Waals surface area contributed by atoms with E-state index in [1.807, 2.05) is 13.8 Å². The van der Waals surface area contributed by atoms with Gasteiger partial charge in [-0.3, -0.25) is 4.79 Å². The number of carbonyl (C=O) groups is 2. The SMILES string of the molecule is CC(C)CNC(=O)N1CCNC(=O)C1c1ccc(F)cc1. The summed E-state index contributed by atoms with van der Waals surface area (Å²) in [5, 5.41) is 5.56. The molecule has 2 rings (SSSR count). The van der Waals surface area contributed by atoms with Crippen molar-refractivity contribution in [3.8, 4) is 0 Å². The lowest BCUT2D eigenvalue weighted by atomic mass is 10.0. The molecule has 21 heavy (non-hydrogen) atoms. The van der Waals surface area contributed by atoms with Crippen LogP contribution in [0.2, 0.25) is 0 Å². The third kappa shape index (κ3) is 3.71. The van der Waals surface area contributed by atoms with Crippen LogP contribution in [0.3, 0.4) is 0 Å². The minimum absolute atomic E-state index is 0.243. The lowest BCUT2D eigenvalue weighted by molar-refractivity contribution is -0.127. The molecule has 1 aromatic rings. The number of nitrogens with zero attached hydrogens (tertiary/aromatic N) is 1. The molecule has 0 aliphatic carbocycles. The number of urea groups is 1. The standard InChI is InChI=1S/C15H20FN3O2/c1-10(2)9-18-15(21)19-8-7-17-14(20)13(19)11-3-5-12(16)6-4-11/h3-6,10,13H,7-9H2,1-2H3,(H,17,20)(H,18,21). The Morgan fingerprint density at radius 1 is 1.43 bits per heavy atom. The lowest BCUT2D eigenvalue weighted by Gasteiger charge is -2.35. The van der Waals surface area contributed by atoms with Crippen LogP contribution in [0.25, 0.3) is 0 Å². The van der Waals surface area contributed by atoms with E-state index in [1.54, 1.807) is 0 Å². The first-order chi connectivity index (χ1) is 9.99. The van der Waals surface area contributed by atoms with E-state index in [0.717, 1.165) is 0 Å². The molecule has 1 aliphatic heterocycles. The highest BCUT2D eigenvalue weighted by Crippen LogP contribution is 2.23. The smallest absolute Gasteiger partial charge is 0.318 e. The van der Waals surface area contributed by atoms with Gasteiger partial charge in [0.25, 0.3) is 0 Å². The molecule has 0 bridgehead atoms. The Hall–Kier alpha value is -2.11. The van der Waals surface area contributed by atoms with Gasteiger partial charge in [-0.25, -0.2) is 9.18 Å². The molecular weight excluding hydrogens is 273 g/mol. The largest absolute Gasteiger partial charge is 0.352 e. The van der Waals surface area contributed by atoms with Crippen LogP contribution in [0.1, 0.15) is 25.5 Å². The van der Waals surface area contributed by atoms with Gasteiger partial charge < -0.3 is 15.5 Å². The molecule has 1 saturated heterocycles. The molecule has 1 fully saturated rings. The summed E-state index contributed by atoms with van der Waals surface area (Å²) in [7, 11) is 0. The summed E-state index contributed by atoms with van der Waals surface area (Å²) in [6.07, 6.45) is 0. The summed E-state index contributed by atoms with van der Waals surface area (Å²) in [6, 6.07) is 4.67. The van der Waals surface area contributed by atoms with Crippen LogP contribution >= 0.6 is 0 Å². The van der Waals surface area contributed by atoms with E-state index in [1.165, 1.54) is 29.2 Å². The highest BCUT2D eigenvalue weighted by atomic mass is 19.1. The van der Waals surface area contributed by atoms with E-state index in [2.05, 4.69) is 10.6 Å². The number of amides is 3. The zero-order chi connectivity index (χ0) is 15.4. The van der Waals surface area contributed by atoms with Crippen LogP contribution < -0.4 is 10.6 Å². The molecule has 114 valence electrons. The van der Waals surface area contributed by atoms with Crippen molar-refractivity contribution in [2.24, 2.45) is 5.92 Å². The van der Waals surface area contributed by atoms with Gasteiger partial charge in [-0.05, 0) is 23.6 Å². The van der Waals surface area contributed by atoms with Crippen molar-refractivity contribution in [2.45, 2.75) is 19.9 Å². The number of hydrogen-bond acceptors (Lipinski definition) is 2. The fourth-order valence-electron chi connectivity index (χ4n) is 2.26. The average Bonchev–Trinajstić information content (AvgIpc) is 2.45. The number of rotatable bonds is 3. The molecule has 0 spiro atoms. The molecule has 2 N–H and O–H groups in total. The molecule has 3 amide bonds. The molecule has 0 radical (unpaired) electrons. The van der Waals surface area contributed by atoms with Crippen LogP contribution in [0, 0.1) is 11.7 Å². The Balaban J connectivity index is 2.18. The van der Waals surface area contributed by atoms with Gasteiger partial charge in [0.1, 0.15) is 11.9 Å². The van der Waals surface area contributed by atoms with Gasteiger partial charge >= 0.3 is 6.03 Å². The van der Waals surface area contributed by atoms with Crippen LogP contribution in [-0.2, 0) is 4.79 Å². The summed E-state index contributed by atoms with van der Waals surface area (Å²) >= 11 is 0. The first-order valence-corrected chi connectivity index (χ1v) is 7.06. The number of piperazine rings is 1. The molecule has 6 heteroatoms. The summed E-state index contributed by atoms with van der Waals surface area (Å²) in [4.78, 5) is 25.9. The molecule has 1 aromatic carbocycles. The normalized spacial score (nSPS) is 18.6. The zero-order valence-electron chi connectivity index (χ0n) is 12.2. The number of benzene rings is 1. The maximum atomic E-state index is 13.0.